The molecule has 0 aromatic carbocycles. The van der Waals surface area contributed by atoms with E-state index in [9.17, 15) is 0 Å². The van der Waals surface area contributed by atoms with E-state index in [2.05, 4.69) is 4.98 Å². The van der Waals surface area contributed by atoms with Crippen LogP contribution in [0.2, 0.25) is 0 Å². The summed E-state index contributed by atoms with van der Waals surface area (Å²) in [4.78, 5) is 3.95. The highest BCUT2D eigenvalue weighted by molar-refractivity contribution is 5.97. The third kappa shape index (κ3) is 4.03. The molecule has 0 saturated carbocycles. The minimum atomic E-state index is -0.224. The van der Waals surface area contributed by atoms with Crippen molar-refractivity contribution in [1.82, 2.24) is 4.98 Å². The van der Waals surface area contributed by atoms with Crippen molar-refractivity contribution in [2.75, 3.05) is 13.7 Å². The predicted molar refractivity (Wildman–Crippen MR) is 66.5 cm³/mol. The van der Waals surface area contributed by atoms with Crippen LogP contribution < -0.4 is 10.5 Å². The first-order chi connectivity index (χ1) is 7.96. The Bertz CT molecular complexity index is 391. The molecule has 94 valence electrons. The van der Waals surface area contributed by atoms with Crippen LogP contribution in [0.15, 0.2) is 18.5 Å². The highest BCUT2D eigenvalue weighted by Crippen LogP contribution is 2.18. The maximum atomic E-state index is 7.42. The van der Waals surface area contributed by atoms with Crippen molar-refractivity contribution in [3.63, 3.8) is 0 Å². The molecule has 0 amide bonds. The topological polar surface area (TPSA) is 81.2 Å². The van der Waals surface area contributed by atoms with Crippen LogP contribution in [0.1, 0.15) is 25.8 Å². The normalized spacial score (nSPS) is 11.2. The van der Waals surface area contributed by atoms with Gasteiger partial charge in [0, 0.05) is 19.7 Å². The molecule has 1 aromatic heterocycles. The van der Waals surface area contributed by atoms with E-state index >= 15 is 0 Å². The summed E-state index contributed by atoms with van der Waals surface area (Å²) in [7, 11) is 1.67. The number of ether oxygens (including phenoxy) is 2. The molecule has 5 nitrogen and oxygen atoms in total. The van der Waals surface area contributed by atoms with Gasteiger partial charge in [-0.05, 0) is 19.9 Å². The molecule has 5 heteroatoms. The number of hydrogen-bond acceptors (Lipinski definition) is 4. The van der Waals surface area contributed by atoms with E-state index in [1.807, 2.05) is 13.8 Å². The molecule has 0 spiro atoms. The lowest BCUT2D eigenvalue weighted by molar-refractivity contribution is 0.00541. The highest BCUT2D eigenvalue weighted by atomic mass is 16.5. The van der Waals surface area contributed by atoms with Gasteiger partial charge in [-0.25, -0.2) is 0 Å². The zero-order valence-electron chi connectivity index (χ0n) is 10.5. The van der Waals surface area contributed by atoms with Crippen molar-refractivity contribution in [3.05, 3.63) is 24.0 Å². The third-order valence-corrected chi connectivity index (χ3v) is 2.59. The first kappa shape index (κ1) is 13.4. The second-order valence-corrected chi connectivity index (χ2v) is 4.35. The Morgan fingerprint density at radius 2 is 2.24 bits per heavy atom. The van der Waals surface area contributed by atoms with Crippen molar-refractivity contribution < 1.29 is 9.47 Å². The summed E-state index contributed by atoms with van der Waals surface area (Å²) in [6.07, 6.45) is 3.90. The van der Waals surface area contributed by atoms with Crippen molar-refractivity contribution in [2.24, 2.45) is 5.73 Å². The average Bonchev–Trinajstić information content (AvgIpc) is 2.29. The highest BCUT2D eigenvalue weighted by Gasteiger charge is 2.16. The number of amidine groups is 1. The zero-order chi connectivity index (χ0) is 12.9. The smallest absolute Gasteiger partial charge is 0.148 e. The number of rotatable bonds is 6. The molecule has 3 N–H and O–H groups in total. The Morgan fingerprint density at radius 1 is 1.53 bits per heavy atom. The molecule has 17 heavy (non-hydrogen) atoms. The van der Waals surface area contributed by atoms with Gasteiger partial charge in [-0.3, -0.25) is 10.4 Å². The molecular formula is C12H19N3O2. The Balaban J connectivity index is 2.61. The lowest BCUT2D eigenvalue weighted by Crippen LogP contribution is -2.25. The molecule has 1 aromatic rings. The summed E-state index contributed by atoms with van der Waals surface area (Å²) in [6.45, 7) is 4.48. The van der Waals surface area contributed by atoms with Crippen LogP contribution >= 0.6 is 0 Å². The summed E-state index contributed by atoms with van der Waals surface area (Å²) in [6, 6.07) is 1.67. The average molecular weight is 237 g/mol. The molecule has 0 aliphatic carbocycles. The second kappa shape index (κ2) is 5.63. The lowest BCUT2D eigenvalue weighted by Gasteiger charge is -2.22. The van der Waals surface area contributed by atoms with E-state index in [4.69, 9.17) is 20.6 Å². The fourth-order valence-corrected chi connectivity index (χ4v) is 1.23. The van der Waals surface area contributed by atoms with Crippen LogP contribution in [0.25, 0.3) is 0 Å². The van der Waals surface area contributed by atoms with Crippen LogP contribution in [0.5, 0.6) is 5.75 Å². The summed E-state index contributed by atoms with van der Waals surface area (Å²) < 4.78 is 10.9. The maximum Gasteiger partial charge on any atom is 0.148 e. The van der Waals surface area contributed by atoms with E-state index < -0.39 is 0 Å². The number of nitrogens with one attached hydrogen (secondary N) is 1. The largest absolute Gasteiger partial charge is 0.491 e. The number of nitrogens with zero attached hydrogens (tertiary/aromatic N) is 1. The fraction of sp³-hybridized carbons (Fsp3) is 0.500. The lowest BCUT2D eigenvalue weighted by atomic mass is 10.1. The molecule has 0 bridgehead atoms. The molecule has 1 rings (SSSR count). The number of nitrogens with two attached hydrogens (primary N) is 1. The van der Waals surface area contributed by atoms with Crippen molar-refractivity contribution in [3.8, 4) is 5.75 Å². The van der Waals surface area contributed by atoms with Crippen molar-refractivity contribution in [1.29, 1.82) is 5.41 Å². The first-order valence-corrected chi connectivity index (χ1v) is 5.42. The molecule has 0 fully saturated rings. The van der Waals surface area contributed by atoms with E-state index in [0.717, 1.165) is 6.42 Å². The Morgan fingerprint density at radius 3 is 2.82 bits per heavy atom. The van der Waals surface area contributed by atoms with Crippen LogP contribution in [0.3, 0.4) is 0 Å². The second-order valence-electron chi connectivity index (χ2n) is 4.35. The Kier molecular flexibility index (Phi) is 4.45. The fourth-order valence-electron chi connectivity index (χ4n) is 1.23. The van der Waals surface area contributed by atoms with Gasteiger partial charge in [0.25, 0.3) is 0 Å². The zero-order valence-corrected chi connectivity index (χ0v) is 10.5. The Labute approximate surface area is 101 Å². The van der Waals surface area contributed by atoms with Crippen LogP contribution in [-0.4, -0.2) is 30.1 Å². The molecule has 0 radical (unpaired) electrons. The SMILES string of the molecule is COC(C)(C)CCOc1cnccc1C(=N)N. The molecule has 0 atom stereocenters. The van der Waals surface area contributed by atoms with E-state index in [0.29, 0.717) is 17.9 Å². The summed E-state index contributed by atoms with van der Waals surface area (Å²) in [5.41, 5.74) is 5.79. The monoisotopic (exact) mass is 237 g/mol. The molecule has 0 unspecified atom stereocenters. The van der Waals surface area contributed by atoms with Gasteiger partial charge in [0.15, 0.2) is 0 Å². The van der Waals surface area contributed by atoms with Gasteiger partial charge in [0.2, 0.25) is 0 Å². The van der Waals surface area contributed by atoms with Gasteiger partial charge in [-0.1, -0.05) is 0 Å². The van der Waals surface area contributed by atoms with E-state index in [-0.39, 0.29) is 11.4 Å². The Hall–Kier alpha value is -1.62. The van der Waals surface area contributed by atoms with Crippen molar-refractivity contribution >= 4 is 5.84 Å². The molecule has 0 aliphatic heterocycles. The van der Waals surface area contributed by atoms with Crippen LogP contribution in [0.4, 0.5) is 0 Å². The number of methoxy groups -OCH3 is 1. The maximum absolute atomic E-state index is 7.42. The summed E-state index contributed by atoms with van der Waals surface area (Å²) >= 11 is 0. The van der Waals surface area contributed by atoms with Gasteiger partial charge >= 0.3 is 0 Å². The summed E-state index contributed by atoms with van der Waals surface area (Å²) in [5, 5.41) is 7.42. The minimum absolute atomic E-state index is 0.0200. The van der Waals surface area contributed by atoms with Gasteiger partial charge in [-0.2, -0.15) is 0 Å². The molecule has 0 saturated heterocycles. The number of pyridine rings is 1. The number of hydrogen-bond donors (Lipinski definition) is 2. The van der Waals surface area contributed by atoms with Gasteiger partial charge < -0.3 is 15.2 Å². The quantitative estimate of drug-likeness (QED) is 0.581. The van der Waals surface area contributed by atoms with E-state index in [1.165, 1.54) is 0 Å². The van der Waals surface area contributed by atoms with Crippen molar-refractivity contribution in [2.45, 2.75) is 25.9 Å². The molecule has 0 aliphatic rings. The molecule has 1 heterocycles. The summed E-state index contributed by atoms with van der Waals surface area (Å²) in [5.74, 6) is 0.514. The van der Waals surface area contributed by atoms with Crippen LogP contribution in [-0.2, 0) is 4.74 Å². The first-order valence-electron chi connectivity index (χ1n) is 5.42. The third-order valence-electron chi connectivity index (χ3n) is 2.59. The van der Waals surface area contributed by atoms with Crippen LogP contribution in [0, 0.1) is 5.41 Å². The number of aromatic nitrogens is 1. The van der Waals surface area contributed by atoms with Gasteiger partial charge in [0.05, 0.1) is 24.0 Å². The van der Waals surface area contributed by atoms with E-state index in [1.54, 1.807) is 25.6 Å². The van der Waals surface area contributed by atoms with Gasteiger partial charge in [0.1, 0.15) is 11.6 Å². The van der Waals surface area contributed by atoms with Gasteiger partial charge in [-0.15, -0.1) is 0 Å². The minimum Gasteiger partial charge on any atom is -0.491 e. The molecular weight excluding hydrogens is 218 g/mol. The standard InChI is InChI=1S/C12H19N3O2/c1-12(2,16-3)5-7-17-10-8-15-6-4-9(10)11(13)14/h4,6,8H,5,7H2,1-3H3,(H3,13,14). The number of nitrogen functional groups attached to an aromatic ring is 1. The predicted octanol–water partition coefficient (Wildman–Crippen LogP) is 1.56.